The quantitative estimate of drug-likeness (QED) is 0.0306. The van der Waals surface area contributed by atoms with Gasteiger partial charge in [-0.15, -0.1) is 0 Å². The Morgan fingerprint density at radius 1 is 0.217 bits per heavy atom. The zero-order valence-electron chi connectivity index (χ0n) is 63.9. The van der Waals surface area contributed by atoms with Crippen molar-refractivity contribution in [3.63, 3.8) is 0 Å². The fraction of sp³-hybridized carbons (Fsp3) is 0.955. The lowest BCUT2D eigenvalue weighted by Crippen LogP contribution is -2.71. The summed E-state index contributed by atoms with van der Waals surface area (Å²) in [6.07, 6.45) is -100. The molecule has 10 rings (SSSR count). The Bertz CT molecular complexity index is 3170. The summed E-state index contributed by atoms with van der Waals surface area (Å²) in [7, 11) is 0. The van der Waals surface area contributed by atoms with E-state index >= 15 is 0 Å². The van der Waals surface area contributed by atoms with Gasteiger partial charge in [0.25, 0.3) is 0 Å². The van der Waals surface area contributed by atoms with Gasteiger partial charge in [0.2, 0.25) is 17.7 Å². The first-order valence-electron chi connectivity index (χ1n) is 38.2. The minimum absolute atomic E-state index is 0.887. The minimum atomic E-state index is -2.62. The molecule has 0 aromatic rings. The summed E-state index contributed by atoms with van der Waals surface area (Å²) in [5.41, 5.74) is 0. The topological polar surface area (TPSA) is 849 Å². The van der Waals surface area contributed by atoms with Crippen LogP contribution in [0.2, 0.25) is 0 Å². The second kappa shape index (κ2) is 43.1. The van der Waals surface area contributed by atoms with Gasteiger partial charge in [-0.25, -0.2) is 0 Å². The molecular weight excluding hydrogens is 1650 g/mol. The van der Waals surface area contributed by atoms with E-state index in [1.165, 1.54) is 0 Å². The maximum atomic E-state index is 13.2. The van der Waals surface area contributed by atoms with Gasteiger partial charge >= 0.3 is 0 Å². The summed E-state index contributed by atoms with van der Waals surface area (Å²) in [5, 5.41) is 328. The second-order valence-electron chi connectivity index (χ2n) is 30.2. The van der Waals surface area contributed by atoms with Crippen molar-refractivity contribution in [2.45, 2.75) is 328 Å². The van der Waals surface area contributed by atoms with E-state index in [1.54, 1.807) is 0 Å². The maximum absolute atomic E-state index is 13.2. The lowest BCUT2D eigenvalue weighted by molar-refractivity contribution is -0.407. The molecule has 10 fully saturated rings. The molecule has 54 heteroatoms. The average Bonchev–Trinajstić information content (AvgIpc) is 0.762. The summed E-state index contributed by atoms with van der Waals surface area (Å²) >= 11 is 0. The molecule has 0 bridgehead atoms. The van der Waals surface area contributed by atoms with Crippen LogP contribution < -0.4 is 16.0 Å². The average molecular weight is 1760 g/mol. The first-order valence-corrected chi connectivity index (χ1v) is 38.2. The monoisotopic (exact) mass is 1760 g/mol. The van der Waals surface area contributed by atoms with E-state index in [2.05, 4.69) is 16.0 Å². The third kappa shape index (κ3) is 21.2. The Labute approximate surface area is 678 Å². The Morgan fingerprint density at radius 2 is 0.458 bits per heavy atom. The van der Waals surface area contributed by atoms with Crippen molar-refractivity contribution in [3.05, 3.63) is 0 Å². The fourth-order valence-corrected chi connectivity index (χ4v) is 15.5. The van der Waals surface area contributed by atoms with E-state index in [0.29, 0.717) is 0 Å². The van der Waals surface area contributed by atoms with Crippen LogP contribution in [-0.2, 0) is 104 Å². The molecule has 32 N–H and O–H groups in total. The summed E-state index contributed by atoms with van der Waals surface area (Å²) < 4.78 is 113. The Hall–Kier alpha value is -3.51. The molecule has 50 atom stereocenters. The molecule has 696 valence electrons. The minimum Gasteiger partial charge on any atom is -0.394 e. The second-order valence-corrected chi connectivity index (χ2v) is 30.2. The van der Waals surface area contributed by atoms with E-state index in [-0.39, 0.29) is 0 Å². The van der Waals surface area contributed by atoms with E-state index in [9.17, 15) is 162 Å². The summed E-state index contributed by atoms with van der Waals surface area (Å²) in [6, 6.07) is -6.00. The number of hydrogen-bond donors (Lipinski definition) is 32. The van der Waals surface area contributed by atoms with E-state index < -0.39 is 391 Å². The Morgan fingerprint density at radius 3 is 0.800 bits per heavy atom. The summed E-state index contributed by atoms with van der Waals surface area (Å²) in [5.74, 6) is -2.96. The van der Waals surface area contributed by atoms with Gasteiger partial charge in [-0.3, -0.25) is 14.4 Å². The molecule has 0 spiro atoms. The van der Waals surface area contributed by atoms with Crippen LogP contribution in [0.5, 0.6) is 0 Å². The molecule has 54 nitrogen and oxygen atoms in total. The van der Waals surface area contributed by atoms with E-state index in [0.717, 1.165) is 20.8 Å². The summed E-state index contributed by atoms with van der Waals surface area (Å²) in [4.78, 5) is 39.2. The van der Waals surface area contributed by atoms with Gasteiger partial charge < -0.3 is 254 Å². The van der Waals surface area contributed by atoms with Crippen LogP contribution in [-0.4, -0.2) is 539 Å². The fourth-order valence-electron chi connectivity index (χ4n) is 15.5. The van der Waals surface area contributed by atoms with E-state index in [4.69, 9.17) is 90.0 Å². The predicted molar refractivity (Wildman–Crippen MR) is 364 cm³/mol. The normalized spacial score (nSPS) is 50.4. The maximum Gasteiger partial charge on any atom is 0.217 e. The molecule has 0 unspecified atom stereocenters. The zero-order chi connectivity index (χ0) is 88.2. The first-order chi connectivity index (χ1) is 56.8. The number of amides is 3. The molecule has 0 aromatic heterocycles. The highest BCUT2D eigenvalue weighted by molar-refractivity contribution is 5.74. The van der Waals surface area contributed by atoms with Gasteiger partial charge in [0.05, 0.1) is 66.1 Å². The molecule has 3 amide bonds. The molecule has 10 saturated heterocycles. The van der Waals surface area contributed by atoms with Crippen molar-refractivity contribution < 1.29 is 252 Å². The highest BCUT2D eigenvalue weighted by atomic mass is 16.8. The number of carbonyl (C=O) groups excluding carboxylic acids is 3. The van der Waals surface area contributed by atoms with Gasteiger partial charge in [-0.2, -0.15) is 0 Å². The van der Waals surface area contributed by atoms with Crippen LogP contribution in [0.15, 0.2) is 0 Å². The predicted octanol–water partition coefficient (Wildman–Crippen LogP) is -22.4. The van der Waals surface area contributed by atoms with Crippen molar-refractivity contribution in [2.75, 3.05) is 66.1 Å². The molecule has 0 saturated carbocycles. The molecule has 10 aliphatic rings. The number of nitrogens with one attached hydrogen (secondary N) is 3. The lowest BCUT2D eigenvalue weighted by atomic mass is 9.93. The number of aliphatic hydroxyl groups is 29. The van der Waals surface area contributed by atoms with Gasteiger partial charge in [-0.05, 0) is 0 Å². The van der Waals surface area contributed by atoms with Gasteiger partial charge in [0.15, 0.2) is 62.9 Å². The van der Waals surface area contributed by atoms with Crippen LogP contribution in [0.1, 0.15) is 20.8 Å². The molecule has 0 aromatic carbocycles. The number of ether oxygens (including phenoxy) is 19. The smallest absolute Gasteiger partial charge is 0.217 e. The number of aliphatic hydroxyl groups excluding tert-OH is 29. The largest absolute Gasteiger partial charge is 0.394 e. The van der Waals surface area contributed by atoms with Gasteiger partial charge in [0, 0.05) is 20.8 Å². The molecule has 0 aliphatic carbocycles. The number of rotatable bonds is 31. The highest BCUT2D eigenvalue weighted by Gasteiger charge is 2.62. The standard InChI is InChI=1S/C66H111N3O51/c1-14(79)67-27-35(87)49(114-61-44(96)38(90)30(82)17(4-70)104-61)22(9-75)108-58(27)113-53-25(12-78)111-66(56(47(53)99)120-60-29(69-16(3)81)37(89)51(24(11-77)110-60)116-63-46(98)40(92)32(84)19(6-72)106-63)118-54-34(86)26(112-64(48(54)100)117-52-21(8-74)103-57(101)43(95)42(52)94)13-102-65-55(41(93)33(85)20(7-73)107-65)119-59-28(68-15(2)80)36(88)50(23(10-76)109-59)115-62-45(97)39(91)31(83)18(5-71)105-62/h17-66,70-78,82-101H,4-13H2,1-3H3,(H,67,79)(H,68,80)(H,69,81)/t17-,18-,19-,20-,21-,22-,23-,24-,25-,26-,27-,28-,29-,30+,31+,32+,33-,34-,35-,36-,37-,38+,39+,40+,41+,42-,43-,44-,45-,46-,47+,48+,49-,50-,51-,52-,53-,54+,55+,56+,57-,58+,59+,60+,61+,62+,63+,64+,65+,66-/m1/s1. The zero-order valence-corrected chi connectivity index (χ0v) is 63.9. The Kier molecular flexibility index (Phi) is 35.4. The summed E-state index contributed by atoms with van der Waals surface area (Å²) in [6.45, 7) is -8.61. The third-order valence-corrected chi connectivity index (χ3v) is 22.1. The molecule has 10 heterocycles. The van der Waals surface area contributed by atoms with Gasteiger partial charge in [-0.1, -0.05) is 0 Å². The third-order valence-electron chi connectivity index (χ3n) is 22.1. The molecular formula is C66H111N3O51. The van der Waals surface area contributed by atoms with Crippen molar-refractivity contribution in [2.24, 2.45) is 0 Å². The van der Waals surface area contributed by atoms with Crippen LogP contribution in [0, 0.1) is 0 Å². The lowest BCUT2D eigenvalue weighted by Gasteiger charge is -2.52. The van der Waals surface area contributed by atoms with Crippen LogP contribution >= 0.6 is 0 Å². The number of carbonyl (C=O) groups is 3. The first kappa shape index (κ1) is 98.7. The molecule has 0 radical (unpaired) electrons. The van der Waals surface area contributed by atoms with Crippen molar-refractivity contribution in [1.82, 2.24) is 16.0 Å². The van der Waals surface area contributed by atoms with Crippen LogP contribution in [0.25, 0.3) is 0 Å². The van der Waals surface area contributed by atoms with Crippen molar-refractivity contribution >= 4 is 17.7 Å². The molecule has 120 heavy (non-hydrogen) atoms. The van der Waals surface area contributed by atoms with Gasteiger partial charge in [0.1, 0.15) is 244 Å². The molecule has 10 aliphatic heterocycles. The van der Waals surface area contributed by atoms with Crippen LogP contribution in [0.3, 0.4) is 0 Å². The van der Waals surface area contributed by atoms with E-state index in [1.807, 2.05) is 0 Å². The van der Waals surface area contributed by atoms with Crippen molar-refractivity contribution in [1.29, 1.82) is 0 Å². The Balaban J connectivity index is 1.00. The van der Waals surface area contributed by atoms with Crippen LogP contribution in [0.4, 0.5) is 0 Å². The highest BCUT2D eigenvalue weighted by Crippen LogP contribution is 2.41. The SMILES string of the molecule is CC(=O)N[C@H]1[C@H](O[C@@H]2[C@@H](O[C@@H]3[C@H](O)[C@H](O[C@H]4[C@H](O)[C@@H](O)[C@H](O)O[C@@H]4CO)O[C@H](CO[C@H]4O[C@H](CO)[C@@H](O)[C@H](O)[C@@H]4O[C@@H]4O[C@H](CO)[C@@H](O[C@@H]5O[C@H](CO)[C@H](O)[C@H](O)[C@H]5O)[C@H](O)[C@H]4NC(C)=O)[C@H]3O)O[C@H](CO)[C@@H](O[C@@H]3O[C@H](CO)[C@@H](O[C@@H]4O[C@H](CO)[C@H](O)[C@H](O)[C@H]4O)[C@H](O)[C@H]3NC(C)=O)[C@@H]2O)O[C@H](CO)[C@@H](O[C@@H]2O[C@H](CO)[C@H](O)[C@H](O)[C@H]2O)[C@@H]1O. The van der Waals surface area contributed by atoms with Crippen molar-refractivity contribution in [3.8, 4) is 0 Å². The number of hydrogen-bond acceptors (Lipinski definition) is 51.